The Labute approximate surface area is 112 Å². The fraction of sp³-hybridized carbons (Fsp3) is 0.250. The monoisotopic (exact) mass is 280 g/mol. The fourth-order valence-corrected chi connectivity index (χ4v) is 3.05. The van der Waals surface area contributed by atoms with Crippen LogP contribution in [-0.4, -0.2) is 18.2 Å². The lowest BCUT2D eigenvalue weighted by atomic mass is 10.2. The molecule has 0 radical (unpaired) electrons. The highest BCUT2D eigenvalue weighted by molar-refractivity contribution is 7.92. The zero-order chi connectivity index (χ0) is 14.2. The molecule has 2 aromatic rings. The third-order valence-electron chi connectivity index (χ3n) is 2.62. The van der Waals surface area contributed by atoms with Crippen LogP contribution in [0.4, 0.5) is 11.5 Å². The molecule has 3 N–H and O–H groups in total. The second-order valence-corrected chi connectivity index (χ2v) is 6.16. The van der Waals surface area contributed by atoms with Crippen molar-refractivity contribution in [3.05, 3.63) is 35.5 Å². The molecule has 1 aromatic heterocycles. The molecule has 0 bridgehead atoms. The van der Waals surface area contributed by atoms with E-state index >= 15 is 0 Å². The summed E-state index contributed by atoms with van der Waals surface area (Å²) in [4.78, 5) is 0.142. The molecule has 0 unspecified atom stereocenters. The molecule has 0 atom stereocenters. The van der Waals surface area contributed by atoms with Gasteiger partial charge in [-0.2, -0.15) is 5.10 Å². The van der Waals surface area contributed by atoms with Gasteiger partial charge in [0, 0.05) is 18.8 Å². The van der Waals surface area contributed by atoms with Gasteiger partial charge < -0.3 is 5.73 Å². The molecule has 0 fully saturated rings. The number of benzene rings is 1. The van der Waals surface area contributed by atoms with Crippen LogP contribution in [0.15, 0.2) is 29.2 Å². The first kappa shape index (κ1) is 13.4. The predicted octanol–water partition coefficient (Wildman–Crippen LogP) is 1.42. The SMILES string of the molecule is Cc1cc(N)cc(S(=O)(=O)Nc2cc(C)nn2C)c1. The van der Waals surface area contributed by atoms with Crippen molar-refractivity contribution in [2.75, 3.05) is 10.5 Å². The summed E-state index contributed by atoms with van der Waals surface area (Å²) in [6.45, 7) is 3.59. The minimum Gasteiger partial charge on any atom is -0.399 e. The Hall–Kier alpha value is -2.02. The van der Waals surface area contributed by atoms with E-state index in [1.807, 2.05) is 0 Å². The Morgan fingerprint density at radius 3 is 2.42 bits per heavy atom. The first-order chi connectivity index (χ1) is 8.78. The summed E-state index contributed by atoms with van der Waals surface area (Å²) in [6.07, 6.45) is 0. The number of sulfonamides is 1. The molecule has 0 saturated heterocycles. The number of nitrogens with one attached hydrogen (secondary N) is 1. The van der Waals surface area contributed by atoms with Crippen LogP contribution in [0.3, 0.4) is 0 Å². The second-order valence-electron chi connectivity index (χ2n) is 4.48. The molecule has 0 aliphatic heterocycles. The van der Waals surface area contributed by atoms with Crippen LogP contribution in [0.5, 0.6) is 0 Å². The summed E-state index contributed by atoms with van der Waals surface area (Å²) in [6, 6.07) is 6.38. The van der Waals surface area contributed by atoms with Crippen molar-refractivity contribution in [2.24, 2.45) is 7.05 Å². The van der Waals surface area contributed by atoms with E-state index in [0.29, 0.717) is 11.5 Å². The highest BCUT2D eigenvalue weighted by atomic mass is 32.2. The van der Waals surface area contributed by atoms with Crippen LogP contribution >= 0.6 is 0 Å². The van der Waals surface area contributed by atoms with Crippen molar-refractivity contribution in [1.82, 2.24) is 9.78 Å². The highest BCUT2D eigenvalue weighted by Gasteiger charge is 2.17. The maximum absolute atomic E-state index is 12.3. The van der Waals surface area contributed by atoms with E-state index < -0.39 is 10.0 Å². The summed E-state index contributed by atoms with van der Waals surface area (Å²) < 4.78 is 28.5. The largest absolute Gasteiger partial charge is 0.399 e. The topological polar surface area (TPSA) is 90.0 Å². The molecule has 0 amide bonds. The highest BCUT2D eigenvalue weighted by Crippen LogP contribution is 2.20. The zero-order valence-corrected chi connectivity index (χ0v) is 11.8. The first-order valence-corrected chi connectivity index (χ1v) is 7.17. The molecule has 6 nitrogen and oxygen atoms in total. The van der Waals surface area contributed by atoms with Crippen LogP contribution < -0.4 is 10.5 Å². The molecule has 102 valence electrons. The zero-order valence-electron chi connectivity index (χ0n) is 11.0. The van der Waals surface area contributed by atoms with Crippen LogP contribution in [0.2, 0.25) is 0 Å². The van der Waals surface area contributed by atoms with Crippen molar-refractivity contribution in [1.29, 1.82) is 0 Å². The van der Waals surface area contributed by atoms with E-state index in [2.05, 4.69) is 9.82 Å². The summed E-state index contributed by atoms with van der Waals surface area (Å²) >= 11 is 0. The van der Waals surface area contributed by atoms with E-state index in [-0.39, 0.29) is 4.90 Å². The average molecular weight is 280 g/mol. The van der Waals surface area contributed by atoms with Crippen LogP contribution in [0.1, 0.15) is 11.3 Å². The van der Waals surface area contributed by atoms with Gasteiger partial charge in [-0.1, -0.05) is 0 Å². The number of anilines is 2. The number of nitrogens with zero attached hydrogens (tertiary/aromatic N) is 2. The second kappa shape index (κ2) is 4.58. The molecule has 0 aliphatic rings. The minimum absolute atomic E-state index is 0.142. The number of nitrogen functional groups attached to an aromatic ring is 1. The van der Waals surface area contributed by atoms with Gasteiger partial charge in [-0.3, -0.25) is 9.40 Å². The van der Waals surface area contributed by atoms with E-state index in [9.17, 15) is 8.42 Å². The van der Waals surface area contributed by atoms with Gasteiger partial charge >= 0.3 is 0 Å². The van der Waals surface area contributed by atoms with Gasteiger partial charge in [0.2, 0.25) is 0 Å². The predicted molar refractivity (Wildman–Crippen MR) is 74.3 cm³/mol. The standard InChI is InChI=1S/C12H16N4O2S/c1-8-4-10(13)7-11(5-8)19(17,18)15-12-6-9(2)14-16(12)3/h4-7,15H,13H2,1-3H3. The molecule has 19 heavy (non-hydrogen) atoms. The Morgan fingerprint density at radius 1 is 1.21 bits per heavy atom. The molecule has 2 rings (SSSR count). The Morgan fingerprint density at radius 2 is 1.89 bits per heavy atom. The van der Waals surface area contributed by atoms with Crippen molar-refractivity contribution in [3.63, 3.8) is 0 Å². The maximum atomic E-state index is 12.3. The molecule has 0 spiro atoms. The number of nitrogens with two attached hydrogens (primary N) is 1. The van der Waals surface area contributed by atoms with E-state index in [1.165, 1.54) is 10.7 Å². The van der Waals surface area contributed by atoms with Gasteiger partial charge in [-0.05, 0) is 37.6 Å². The summed E-state index contributed by atoms with van der Waals surface area (Å²) in [5.74, 6) is 0.414. The van der Waals surface area contributed by atoms with Crippen LogP contribution in [0.25, 0.3) is 0 Å². The lowest BCUT2D eigenvalue weighted by molar-refractivity contribution is 0.600. The van der Waals surface area contributed by atoms with Gasteiger partial charge in [0.1, 0.15) is 5.82 Å². The van der Waals surface area contributed by atoms with Gasteiger partial charge in [0.15, 0.2) is 0 Å². The summed E-state index contributed by atoms with van der Waals surface area (Å²) in [7, 11) is -1.98. The average Bonchev–Trinajstić information content (AvgIpc) is 2.55. The van der Waals surface area contributed by atoms with Crippen molar-refractivity contribution in [2.45, 2.75) is 18.7 Å². The Balaban J connectivity index is 2.40. The molecule has 1 aromatic carbocycles. The first-order valence-electron chi connectivity index (χ1n) is 5.68. The smallest absolute Gasteiger partial charge is 0.263 e. The van der Waals surface area contributed by atoms with Crippen LogP contribution in [-0.2, 0) is 17.1 Å². The lowest BCUT2D eigenvalue weighted by Crippen LogP contribution is -2.15. The fourth-order valence-electron chi connectivity index (χ4n) is 1.83. The number of aryl methyl sites for hydroxylation is 3. The number of hydrogen-bond donors (Lipinski definition) is 2. The Bertz CT molecular complexity index is 699. The lowest BCUT2D eigenvalue weighted by Gasteiger charge is -2.09. The third kappa shape index (κ3) is 2.87. The number of rotatable bonds is 3. The minimum atomic E-state index is -3.66. The van der Waals surface area contributed by atoms with E-state index in [1.54, 1.807) is 39.1 Å². The van der Waals surface area contributed by atoms with Gasteiger partial charge in [-0.15, -0.1) is 0 Å². The summed E-state index contributed by atoms with van der Waals surface area (Å²) in [5.41, 5.74) is 7.62. The normalized spacial score (nSPS) is 11.5. The van der Waals surface area contributed by atoms with Crippen molar-refractivity contribution < 1.29 is 8.42 Å². The molecular weight excluding hydrogens is 264 g/mol. The molecule has 1 heterocycles. The van der Waals surface area contributed by atoms with Gasteiger partial charge in [0.25, 0.3) is 10.0 Å². The number of hydrogen-bond acceptors (Lipinski definition) is 4. The van der Waals surface area contributed by atoms with Crippen molar-refractivity contribution >= 4 is 21.5 Å². The molecular formula is C12H16N4O2S. The molecule has 7 heteroatoms. The van der Waals surface area contributed by atoms with E-state index in [4.69, 9.17) is 5.73 Å². The molecule has 0 saturated carbocycles. The summed E-state index contributed by atoms with van der Waals surface area (Å²) in [5, 5.41) is 4.09. The molecule has 0 aliphatic carbocycles. The maximum Gasteiger partial charge on any atom is 0.263 e. The third-order valence-corrected chi connectivity index (χ3v) is 3.96. The van der Waals surface area contributed by atoms with Gasteiger partial charge in [0.05, 0.1) is 10.6 Å². The van der Waals surface area contributed by atoms with Crippen molar-refractivity contribution in [3.8, 4) is 0 Å². The van der Waals surface area contributed by atoms with Crippen LogP contribution in [0, 0.1) is 13.8 Å². The Kier molecular flexibility index (Phi) is 3.23. The quantitative estimate of drug-likeness (QED) is 0.832. The van der Waals surface area contributed by atoms with E-state index in [0.717, 1.165) is 11.3 Å². The number of aromatic nitrogens is 2. The van der Waals surface area contributed by atoms with Gasteiger partial charge in [-0.25, -0.2) is 8.42 Å².